The number of hydrogen-bond acceptors (Lipinski definition) is 2. The SMILES string of the molecule is CC(NC(=O)CN(C)c1ccc2ccccc2c1)c1ccc(F)cc1. The summed E-state index contributed by atoms with van der Waals surface area (Å²) in [4.78, 5) is 14.2. The van der Waals surface area contributed by atoms with Gasteiger partial charge in [0.05, 0.1) is 12.6 Å². The first kappa shape index (κ1) is 17.0. The number of carbonyl (C=O) groups is 1. The lowest BCUT2D eigenvalue weighted by Gasteiger charge is -2.21. The van der Waals surface area contributed by atoms with E-state index in [2.05, 4.69) is 29.6 Å². The van der Waals surface area contributed by atoms with E-state index in [1.54, 1.807) is 12.1 Å². The maximum Gasteiger partial charge on any atom is 0.239 e. The van der Waals surface area contributed by atoms with Crippen LogP contribution in [0.1, 0.15) is 18.5 Å². The minimum Gasteiger partial charge on any atom is -0.365 e. The fraction of sp³-hybridized carbons (Fsp3) is 0.190. The van der Waals surface area contributed by atoms with Crippen molar-refractivity contribution in [2.24, 2.45) is 0 Å². The lowest BCUT2D eigenvalue weighted by molar-refractivity contribution is -0.120. The Morgan fingerprint density at radius 2 is 1.72 bits per heavy atom. The molecule has 1 atom stereocenters. The van der Waals surface area contributed by atoms with Gasteiger partial charge in [-0.2, -0.15) is 0 Å². The topological polar surface area (TPSA) is 32.3 Å². The fourth-order valence-electron chi connectivity index (χ4n) is 2.84. The molecule has 1 amide bonds. The van der Waals surface area contributed by atoms with Crippen molar-refractivity contribution in [3.05, 3.63) is 78.1 Å². The standard InChI is InChI=1S/C21H21FN2O/c1-15(16-7-10-19(22)11-8-16)23-21(25)14-24(2)20-12-9-17-5-3-4-6-18(17)13-20/h3-13,15H,14H2,1-2H3,(H,23,25). The molecule has 1 N–H and O–H groups in total. The highest BCUT2D eigenvalue weighted by Crippen LogP contribution is 2.21. The van der Waals surface area contributed by atoms with E-state index in [-0.39, 0.29) is 24.3 Å². The smallest absolute Gasteiger partial charge is 0.239 e. The predicted molar refractivity (Wildman–Crippen MR) is 100 cm³/mol. The largest absolute Gasteiger partial charge is 0.365 e. The fourth-order valence-corrected chi connectivity index (χ4v) is 2.84. The summed E-state index contributed by atoms with van der Waals surface area (Å²) >= 11 is 0. The van der Waals surface area contributed by atoms with Crippen molar-refractivity contribution in [2.45, 2.75) is 13.0 Å². The minimum atomic E-state index is -0.279. The van der Waals surface area contributed by atoms with Crippen molar-refractivity contribution in [3.63, 3.8) is 0 Å². The van der Waals surface area contributed by atoms with E-state index in [1.165, 1.54) is 17.5 Å². The summed E-state index contributed by atoms with van der Waals surface area (Å²) in [6, 6.07) is 20.3. The number of likely N-dealkylation sites (N-methyl/N-ethyl adjacent to an activating group) is 1. The van der Waals surface area contributed by atoms with Crippen LogP contribution in [-0.4, -0.2) is 19.5 Å². The van der Waals surface area contributed by atoms with Crippen molar-refractivity contribution < 1.29 is 9.18 Å². The average Bonchev–Trinajstić information content (AvgIpc) is 2.61. The molecule has 4 heteroatoms. The first-order valence-electron chi connectivity index (χ1n) is 8.28. The number of amides is 1. The van der Waals surface area contributed by atoms with Crippen molar-refractivity contribution in [1.29, 1.82) is 0 Å². The summed E-state index contributed by atoms with van der Waals surface area (Å²) in [5.41, 5.74) is 1.87. The number of carbonyl (C=O) groups excluding carboxylic acids is 1. The molecule has 0 aliphatic heterocycles. The summed E-state index contributed by atoms with van der Waals surface area (Å²) < 4.78 is 13.0. The molecule has 0 bridgehead atoms. The molecular formula is C21H21FN2O. The summed E-state index contributed by atoms with van der Waals surface area (Å²) in [5.74, 6) is -0.356. The lowest BCUT2D eigenvalue weighted by atomic mass is 10.1. The number of hydrogen-bond donors (Lipinski definition) is 1. The van der Waals surface area contributed by atoms with Gasteiger partial charge in [0.25, 0.3) is 0 Å². The molecule has 1 unspecified atom stereocenters. The molecule has 0 saturated carbocycles. The van der Waals surface area contributed by atoms with Crippen LogP contribution in [-0.2, 0) is 4.79 Å². The van der Waals surface area contributed by atoms with Gasteiger partial charge in [-0.3, -0.25) is 4.79 Å². The summed E-state index contributed by atoms with van der Waals surface area (Å²) in [6.07, 6.45) is 0. The Kier molecular flexibility index (Phi) is 4.98. The van der Waals surface area contributed by atoms with E-state index < -0.39 is 0 Å². The third-order valence-electron chi connectivity index (χ3n) is 4.30. The molecule has 0 fully saturated rings. The second-order valence-electron chi connectivity index (χ2n) is 6.23. The van der Waals surface area contributed by atoms with E-state index in [9.17, 15) is 9.18 Å². The van der Waals surface area contributed by atoms with Gasteiger partial charge < -0.3 is 10.2 Å². The Balaban J connectivity index is 1.63. The third kappa shape index (κ3) is 4.15. The number of rotatable bonds is 5. The number of nitrogens with one attached hydrogen (secondary N) is 1. The van der Waals surface area contributed by atoms with Crippen molar-refractivity contribution in [2.75, 3.05) is 18.5 Å². The van der Waals surface area contributed by atoms with Gasteiger partial charge in [-0.25, -0.2) is 4.39 Å². The summed E-state index contributed by atoms with van der Waals surface area (Å²) in [5, 5.41) is 5.27. The Hall–Kier alpha value is -2.88. The van der Waals surface area contributed by atoms with Gasteiger partial charge in [-0.15, -0.1) is 0 Å². The van der Waals surface area contributed by atoms with Gasteiger partial charge in [-0.05, 0) is 47.5 Å². The molecule has 0 saturated heterocycles. The number of halogens is 1. The monoisotopic (exact) mass is 336 g/mol. The predicted octanol–water partition coefficient (Wildman–Crippen LogP) is 4.29. The van der Waals surface area contributed by atoms with Crippen LogP contribution in [0.4, 0.5) is 10.1 Å². The van der Waals surface area contributed by atoms with Gasteiger partial charge in [0.1, 0.15) is 5.82 Å². The average molecular weight is 336 g/mol. The zero-order valence-electron chi connectivity index (χ0n) is 14.4. The van der Waals surface area contributed by atoms with Crippen LogP contribution < -0.4 is 10.2 Å². The van der Waals surface area contributed by atoms with Gasteiger partial charge in [0.15, 0.2) is 0 Å². The molecule has 0 radical (unpaired) electrons. The van der Waals surface area contributed by atoms with Crippen LogP contribution in [0.2, 0.25) is 0 Å². The molecule has 3 nitrogen and oxygen atoms in total. The van der Waals surface area contributed by atoms with E-state index in [4.69, 9.17) is 0 Å². The van der Waals surface area contributed by atoms with E-state index in [0.717, 1.165) is 16.6 Å². The van der Waals surface area contributed by atoms with E-state index in [0.29, 0.717) is 0 Å². The van der Waals surface area contributed by atoms with Crippen LogP contribution in [0.5, 0.6) is 0 Å². The molecule has 3 rings (SSSR count). The molecule has 0 aliphatic rings. The van der Waals surface area contributed by atoms with Crippen LogP contribution in [0.15, 0.2) is 66.7 Å². The Bertz CT molecular complexity index is 876. The van der Waals surface area contributed by atoms with Crippen molar-refractivity contribution >= 4 is 22.4 Å². The Morgan fingerprint density at radius 3 is 2.44 bits per heavy atom. The number of fused-ring (bicyclic) bond motifs is 1. The highest BCUT2D eigenvalue weighted by atomic mass is 19.1. The molecule has 0 aliphatic carbocycles. The molecule has 0 aromatic heterocycles. The van der Waals surface area contributed by atoms with Crippen LogP contribution in [0.25, 0.3) is 10.8 Å². The van der Waals surface area contributed by atoms with E-state index in [1.807, 2.05) is 37.1 Å². The van der Waals surface area contributed by atoms with Gasteiger partial charge in [0.2, 0.25) is 5.91 Å². The number of benzene rings is 3. The number of anilines is 1. The second-order valence-corrected chi connectivity index (χ2v) is 6.23. The zero-order chi connectivity index (χ0) is 17.8. The highest BCUT2D eigenvalue weighted by molar-refractivity contribution is 5.87. The number of nitrogens with zero attached hydrogens (tertiary/aromatic N) is 1. The van der Waals surface area contributed by atoms with Gasteiger partial charge >= 0.3 is 0 Å². The molecule has 3 aromatic carbocycles. The molecule has 0 heterocycles. The summed E-state index contributed by atoms with van der Waals surface area (Å²) in [6.45, 7) is 2.14. The van der Waals surface area contributed by atoms with Gasteiger partial charge in [-0.1, -0.05) is 42.5 Å². The quantitative estimate of drug-likeness (QED) is 0.754. The molecule has 128 valence electrons. The maximum atomic E-state index is 13.0. The Morgan fingerprint density at radius 1 is 1.04 bits per heavy atom. The summed E-state index contributed by atoms with van der Waals surface area (Å²) in [7, 11) is 1.90. The molecule has 3 aromatic rings. The first-order valence-corrected chi connectivity index (χ1v) is 8.28. The lowest BCUT2D eigenvalue weighted by Crippen LogP contribution is -2.36. The maximum absolute atomic E-state index is 13.0. The molecule has 25 heavy (non-hydrogen) atoms. The second kappa shape index (κ2) is 7.34. The van der Waals surface area contributed by atoms with E-state index >= 15 is 0 Å². The zero-order valence-corrected chi connectivity index (χ0v) is 14.4. The Labute approximate surface area is 147 Å². The first-order chi connectivity index (χ1) is 12.0. The van der Waals surface area contributed by atoms with Gasteiger partial charge in [0, 0.05) is 12.7 Å². The van der Waals surface area contributed by atoms with Crippen LogP contribution in [0, 0.1) is 5.82 Å². The molecule has 0 spiro atoms. The van der Waals surface area contributed by atoms with Crippen LogP contribution in [0.3, 0.4) is 0 Å². The third-order valence-corrected chi connectivity index (χ3v) is 4.30. The molecular weight excluding hydrogens is 315 g/mol. The minimum absolute atomic E-state index is 0.0764. The van der Waals surface area contributed by atoms with Crippen LogP contribution >= 0.6 is 0 Å². The normalized spacial score (nSPS) is 12.0. The van der Waals surface area contributed by atoms with Crippen molar-refractivity contribution in [1.82, 2.24) is 5.32 Å². The van der Waals surface area contributed by atoms with Crippen molar-refractivity contribution in [3.8, 4) is 0 Å². The highest BCUT2D eigenvalue weighted by Gasteiger charge is 2.12.